The lowest BCUT2D eigenvalue weighted by Crippen LogP contribution is -2.30. The van der Waals surface area contributed by atoms with Crippen LogP contribution in [0.4, 0.5) is 14.9 Å². The molecule has 3 N–H and O–H groups in total. The van der Waals surface area contributed by atoms with Crippen molar-refractivity contribution >= 4 is 11.7 Å². The van der Waals surface area contributed by atoms with E-state index in [1.165, 1.54) is 18.2 Å². The number of hydrogen-bond acceptors (Lipinski definition) is 3. The Bertz CT molecular complexity index is 492. The van der Waals surface area contributed by atoms with Gasteiger partial charge in [-0.05, 0) is 37.3 Å². The van der Waals surface area contributed by atoms with Crippen LogP contribution in [0.1, 0.15) is 33.6 Å². The Morgan fingerprint density at radius 1 is 1.41 bits per heavy atom. The number of carbonyl (C=O) groups excluding carboxylic acids is 1. The first-order chi connectivity index (χ1) is 10.4. The summed E-state index contributed by atoms with van der Waals surface area (Å²) in [6, 6.07) is 3.61. The highest BCUT2D eigenvalue weighted by Crippen LogP contribution is 2.25. The molecule has 0 aromatic heterocycles. The van der Waals surface area contributed by atoms with Gasteiger partial charge in [0.05, 0.1) is 12.3 Å². The second kappa shape index (κ2) is 8.58. The molecule has 22 heavy (non-hydrogen) atoms. The second-order valence-electron chi connectivity index (χ2n) is 5.88. The fourth-order valence-electron chi connectivity index (χ4n) is 1.89. The number of halogens is 1. The normalized spacial score (nSPS) is 11.1. The van der Waals surface area contributed by atoms with Crippen LogP contribution in [0.2, 0.25) is 0 Å². The van der Waals surface area contributed by atoms with Crippen LogP contribution in [-0.2, 0) is 0 Å². The Morgan fingerprint density at radius 2 is 2.14 bits per heavy atom. The van der Waals surface area contributed by atoms with E-state index in [1.807, 2.05) is 13.8 Å². The number of amides is 2. The molecule has 1 aromatic carbocycles. The third-order valence-corrected chi connectivity index (χ3v) is 3.24. The zero-order valence-electron chi connectivity index (χ0n) is 13.4. The minimum atomic E-state index is -0.416. The van der Waals surface area contributed by atoms with Crippen LogP contribution in [0.15, 0.2) is 18.2 Å². The molecule has 0 aliphatic rings. The van der Waals surface area contributed by atoms with Crippen LogP contribution in [0.25, 0.3) is 0 Å². The van der Waals surface area contributed by atoms with Crippen molar-refractivity contribution in [2.45, 2.75) is 33.6 Å². The van der Waals surface area contributed by atoms with Crippen molar-refractivity contribution in [1.82, 2.24) is 5.32 Å². The molecular weight excluding hydrogens is 287 g/mol. The zero-order valence-corrected chi connectivity index (χ0v) is 13.4. The fourth-order valence-corrected chi connectivity index (χ4v) is 1.89. The van der Waals surface area contributed by atoms with Gasteiger partial charge in [-0.3, -0.25) is 0 Å². The van der Waals surface area contributed by atoms with Crippen LogP contribution in [-0.4, -0.2) is 30.9 Å². The van der Waals surface area contributed by atoms with E-state index in [1.54, 1.807) is 6.92 Å². The van der Waals surface area contributed by atoms with Gasteiger partial charge in [0, 0.05) is 19.2 Å². The van der Waals surface area contributed by atoms with E-state index in [4.69, 9.17) is 9.84 Å². The summed E-state index contributed by atoms with van der Waals surface area (Å²) in [5.41, 5.74) is 0.286. The predicted octanol–water partition coefficient (Wildman–Crippen LogP) is 3.14. The lowest BCUT2D eigenvalue weighted by atomic mass is 9.89. The number of urea groups is 1. The molecule has 124 valence electrons. The van der Waals surface area contributed by atoms with Crippen molar-refractivity contribution in [3.8, 4) is 5.75 Å². The molecule has 0 radical (unpaired) electrons. The van der Waals surface area contributed by atoms with Gasteiger partial charge < -0.3 is 20.5 Å². The molecule has 0 fully saturated rings. The number of nitrogens with one attached hydrogen (secondary N) is 2. The maximum Gasteiger partial charge on any atom is 0.319 e. The molecule has 0 spiro atoms. The molecule has 0 atom stereocenters. The summed E-state index contributed by atoms with van der Waals surface area (Å²) in [4.78, 5) is 11.8. The molecule has 0 bridgehead atoms. The molecule has 2 amide bonds. The van der Waals surface area contributed by atoms with Crippen molar-refractivity contribution in [3.63, 3.8) is 0 Å². The zero-order chi connectivity index (χ0) is 16.6. The van der Waals surface area contributed by atoms with Crippen LogP contribution in [0.5, 0.6) is 5.75 Å². The maximum absolute atomic E-state index is 13.2. The van der Waals surface area contributed by atoms with Gasteiger partial charge >= 0.3 is 6.03 Å². The average Bonchev–Trinajstić information content (AvgIpc) is 2.47. The van der Waals surface area contributed by atoms with Crippen molar-refractivity contribution in [2.75, 3.05) is 25.1 Å². The lowest BCUT2D eigenvalue weighted by Gasteiger charge is -2.21. The summed E-state index contributed by atoms with van der Waals surface area (Å²) in [5, 5.41) is 14.5. The second-order valence-corrected chi connectivity index (χ2v) is 5.88. The summed E-state index contributed by atoms with van der Waals surface area (Å²) < 4.78 is 18.5. The summed E-state index contributed by atoms with van der Waals surface area (Å²) in [6.45, 7) is 6.74. The van der Waals surface area contributed by atoms with Gasteiger partial charge in [-0.15, -0.1) is 0 Å². The largest absolute Gasteiger partial charge is 0.492 e. The Morgan fingerprint density at radius 3 is 2.77 bits per heavy atom. The Labute approximate surface area is 130 Å². The molecule has 0 heterocycles. The minimum Gasteiger partial charge on any atom is -0.492 e. The number of aliphatic hydroxyl groups excluding tert-OH is 1. The van der Waals surface area contributed by atoms with Crippen LogP contribution in [0.3, 0.4) is 0 Å². The first kappa shape index (κ1) is 18.2. The molecule has 0 saturated carbocycles. The SMILES string of the molecule is CCOc1cc(F)ccc1NC(=O)NCCCC(C)(C)CO. The Kier molecular flexibility index (Phi) is 7.11. The van der Waals surface area contributed by atoms with E-state index in [0.29, 0.717) is 24.6 Å². The number of hydrogen-bond donors (Lipinski definition) is 3. The number of carbonyl (C=O) groups is 1. The lowest BCUT2D eigenvalue weighted by molar-refractivity contribution is 0.148. The van der Waals surface area contributed by atoms with E-state index >= 15 is 0 Å². The highest BCUT2D eigenvalue weighted by Gasteiger charge is 2.15. The van der Waals surface area contributed by atoms with Gasteiger partial charge in [-0.1, -0.05) is 13.8 Å². The molecule has 6 heteroatoms. The van der Waals surface area contributed by atoms with Gasteiger partial charge in [0.15, 0.2) is 0 Å². The third kappa shape index (κ3) is 6.30. The average molecular weight is 312 g/mol. The van der Waals surface area contributed by atoms with Crippen LogP contribution >= 0.6 is 0 Å². The molecule has 0 aliphatic heterocycles. The van der Waals surface area contributed by atoms with Crippen LogP contribution in [0, 0.1) is 11.2 Å². The van der Waals surface area contributed by atoms with Crippen molar-refractivity contribution in [1.29, 1.82) is 0 Å². The van der Waals surface area contributed by atoms with Gasteiger partial charge in [0.2, 0.25) is 0 Å². The highest BCUT2D eigenvalue weighted by molar-refractivity contribution is 5.90. The van der Waals surface area contributed by atoms with Crippen molar-refractivity contribution < 1.29 is 19.0 Å². The van der Waals surface area contributed by atoms with E-state index in [2.05, 4.69) is 10.6 Å². The molecule has 0 saturated heterocycles. The summed E-state index contributed by atoms with van der Waals surface area (Å²) >= 11 is 0. The number of aliphatic hydroxyl groups is 1. The molecule has 1 aromatic rings. The predicted molar refractivity (Wildman–Crippen MR) is 84.7 cm³/mol. The summed E-state index contributed by atoms with van der Waals surface area (Å²) in [7, 11) is 0. The molecule has 5 nitrogen and oxygen atoms in total. The number of anilines is 1. The highest BCUT2D eigenvalue weighted by atomic mass is 19.1. The Balaban J connectivity index is 2.45. The van der Waals surface area contributed by atoms with Gasteiger partial charge in [0.1, 0.15) is 11.6 Å². The quantitative estimate of drug-likeness (QED) is 0.646. The first-order valence-corrected chi connectivity index (χ1v) is 7.46. The smallest absolute Gasteiger partial charge is 0.319 e. The molecular formula is C16H25FN2O3. The van der Waals surface area contributed by atoms with Gasteiger partial charge in [-0.25, -0.2) is 9.18 Å². The standard InChI is InChI=1S/C16H25FN2O3/c1-4-22-14-10-12(17)6-7-13(14)19-15(21)18-9-5-8-16(2,3)11-20/h6-7,10,20H,4-5,8-9,11H2,1-3H3,(H2,18,19,21). The topological polar surface area (TPSA) is 70.6 Å². The van der Waals surface area contributed by atoms with E-state index < -0.39 is 5.82 Å². The van der Waals surface area contributed by atoms with Crippen LogP contribution < -0.4 is 15.4 Å². The molecule has 1 rings (SSSR count). The summed E-state index contributed by atoms with van der Waals surface area (Å²) in [6.07, 6.45) is 1.58. The Hall–Kier alpha value is -1.82. The van der Waals surface area contributed by atoms with Crippen molar-refractivity contribution in [3.05, 3.63) is 24.0 Å². The minimum absolute atomic E-state index is 0.118. The monoisotopic (exact) mass is 312 g/mol. The number of rotatable bonds is 8. The van der Waals surface area contributed by atoms with Gasteiger partial charge in [0.25, 0.3) is 0 Å². The summed E-state index contributed by atoms with van der Waals surface area (Å²) in [5.74, 6) is -0.111. The van der Waals surface area contributed by atoms with E-state index in [0.717, 1.165) is 12.8 Å². The van der Waals surface area contributed by atoms with E-state index in [-0.39, 0.29) is 18.1 Å². The third-order valence-electron chi connectivity index (χ3n) is 3.24. The van der Waals surface area contributed by atoms with Gasteiger partial charge in [-0.2, -0.15) is 0 Å². The molecule has 0 aliphatic carbocycles. The number of ether oxygens (including phenoxy) is 1. The number of benzene rings is 1. The van der Waals surface area contributed by atoms with Crippen molar-refractivity contribution in [2.24, 2.45) is 5.41 Å². The fraction of sp³-hybridized carbons (Fsp3) is 0.562. The van der Waals surface area contributed by atoms with E-state index in [9.17, 15) is 9.18 Å². The first-order valence-electron chi connectivity index (χ1n) is 7.46. The molecule has 0 unspecified atom stereocenters. The maximum atomic E-state index is 13.2.